The summed E-state index contributed by atoms with van der Waals surface area (Å²) in [6.07, 6.45) is 9.87. The van der Waals surface area contributed by atoms with E-state index in [1.807, 2.05) is 26.1 Å². The highest BCUT2D eigenvalue weighted by atomic mass is 16.7. The van der Waals surface area contributed by atoms with E-state index in [4.69, 9.17) is 33.7 Å². The van der Waals surface area contributed by atoms with E-state index in [-0.39, 0.29) is 49.4 Å². The van der Waals surface area contributed by atoms with Gasteiger partial charge in [-0.3, -0.25) is 10.1 Å². The quantitative estimate of drug-likeness (QED) is 0.0785. The number of carbonyl (C=O) groups excluding carboxylic acids is 2. The number of carbonyl (C=O) groups is 2. The average molecular weight is 776 g/mol. The molecule has 6 unspecified atom stereocenters. The minimum Gasteiger partial charge on any atom is -0.497 e. The van der Waals surface area contributed by atoms with Gasteiger partial charge in [-0.25, -0.2) is 4.79 Å². The summed E-state index contributed by atoms with van der Waals surface area (Å²) in [4.78, 5) is 34.9. The molecule has 13 heteroatoms. The molecule has 13 nitrogen and oxygen atoms in total. The first-order chi connectivity index (χ1) is 27.2. The largest absolute Gasteiger partial charge is 0.497 e. The lowest BCUT2D eigenvalue weighted by Crippen LogP contribution is -2.69. The van der Waals surface area contributed by atoms with Crippen molar-refractivity contribution < 1.29 is 48.3 Å². The minimum atomic E-state index is -1.32. The molecule has 0 radical (unpaired) electrons. The third kappa shape index (κ3) is 8.54. The van der Waals surface area contributed by atoms with Crippen molar-refractivity contribution in [3.05, 3.63) is 66.3 Å². The molecule has 3 N–H and O–H groups in total. The van der Waals surface area contributed by atoms with Crippen molar-refractivity contribution in [2.24, 2.45) is 28.8 Å². The molecule has 0 spiro atoms. The number of fused-ring (bicyclic) bond motifs is 2. The van der Waals surface area contributed by atoms with Crippen LogP contribution in [0.25, 0.3) is 0 Å². The number of methoxy groups -OCH3 is 2. The number of anilines is 1. The maximum absolute atomic E-state index is 13.9. The second-order valence-electron chi connectivity index (χ2n) is 15.0. The molecule has 3 aliphatic carbocycles. The molecule has 1 heterocycles. The van der Waals surface area contributed by atoms with E-state index in [1.165, 1.54) is 7.11 Å². The van der Waals surface area contributed by atoms with E-state index in [0.29, 0.717) is 54.6 Å². The number of amides is 2. The Bertz CT molecular complexity index is 1780. The minimum absolute atomic E-state index is 0.0347. The van der Waals surface area contributed by atoms with Gasteiger partial charge in [0, 0.05) is 50.1 Å². The van der Waals surface area contributed by atoms with E-state index < -0.39 is 23.8 Å². The maximum Gasteiger partial charge on any atom is 0.417 e. The van der Waals surface area contributed by atoms with Crippen LogP contribution in [0.2, 0.25) is 0 Å². The van der Waals surface area contributed by atoms with Crippen molar-refractivity contribution in [2.75, 3.05) is 53.0 Å². The molecule has 2 aromatic carbocycles. The number of hydrogen-bond donors (Lipinski definition) is 3. The van der Waals surface area contributed by atoms with Crippen LogP contribution in [0.15, 0.2) is 65.9 Å². The third-order valence-corrected chi connectivity index (χ3v) is 11.5. The van der Waals surface area contributed by atoms with Gasteiger partial charge in [0.05, 0.1) is 38.1 Å². The summed E-state index contributed by atoms with van der Waals surface area (Å²) in [5, 5.41) is 27.1. The topological polar surface area (TPSA) is 158 Å². The molecule has 2 amide bonds. The number of unbranched alkanes of at least 4 members (excludes halogenated alkanes) is 2. The standard InChI is InChI=1S/C43H57N3O10/c1-6-22-53-43-38(46(3)41(49)27-14-15-27)26-35(45-54-7-2)32-23-28(12-8-10-20-47)31(13-9-11-21-48)39(40(32)43)33-24-30(17-19-36(33)56-43)55-42(50)44-34-18-16-29(51-4)25-37(34)52-5/h6,16-19,23-25,27-28,31,38-40,47-48H,1,7-15,20-22,26H2,2-5H3,(H,44,50). The fourth-order valence-corrected chi connectivity index (χ4v) is 8.85. The SMILES string of the molecule is C=CCOC12Oc3ccc(OC(=O)Nc4ccc(OC)cc4OC)cc3C3C(CCCCO)C(CCCCO)C=C(C(=NOCC)CC1N(C)C(=O)C1CC1)C32. The Morgan fingerprint density at radius 3 is 2.46 bits per heavy atom. The highest BCUT2D eigenvalue weighted by Gasteiger charge is 2.65. The summed E-state index contributed by atoms with van der Waals surface area (Å²) in [5.41, 5.74) is 2.96. The van der Waals surface area contributed by atoms with E-state index in [9.17, 15) is 19.8 Å². The predicted octanol–water partition coefficient (Wildman–Crippen LogP) is 6.84. The van der Waals surface area contributed by atoms with Gasteiger partial charge in [0.1, 0.15) is 35.6 Å². The summed E-state index contributed by atoms with van der Waals surface area (Å²) in [6.45, 7) is 6.59. The number of likely N-dealkylation sites (N-methyl/N-ethyl adjacent to an activating group) is 1. The van der Waals surface area contributed by atoms with Crippen molar-refractivity contribution in [3.8, 4) is 23.0 Å². The average Bonchev–Trinajstić information content (AvgIpc) is 4.06. The zero-order valence-corrected chi connectivity index (χ0v) is 33.0. The van der Waals surface area contributed by atoms with Gasteiger partial charge in [0.2, 0.25) is 11.7 Å². The Balaban J connectivity index is 1.48. The number of benzene rings is 2. The first-order valence-corrected chi connectivity index (χ1v) is 19.9. The number of rotatable bonds is 19. The molecular weight excluding hydrogens is 718 g/mol. The highest BCUT2D eigenvalue weighted by molar-refractivity contribution is 6.03. The van der Waals surface area contributed by atoms with Gasteiger partial charge >= 0.3 is 6.09 Å². The number of nitrogens with one attached hydrogen (secondary N) is 1. The highest BCUT2D eigenvalue weighted by Crippen LogP contribution is 2.62. The summed E-state index contributed by atoms with van der Waals surface area (Å²) >= 11 is 0. The molecule has 2 aromatic rings. The summed E-state index contributed by atoms with van der Waals surface area (Å²) in [6, 6.07) is 9.89. The van der Waals surface area contributed by atoms with Gasteiger partial charge in [0.15, 0.2) is 0 Å². The predicted molar refractivity (Wildman–Crippen MR) is 211 cm³/mol. The van der Waals surface area contributed by atoms with E-state index >= 15 is 0 Å². The fraction of sp³-hybridized carbons (Fsp3) is 0.558. The summed E-state index contributed by atoms with van der Waals surface area (Å²) in [7, 11) is 4.89. The van der Waals surface area contributed by atoms with Gasteiger partial charge in [-0.2, -0.15) is 0 Å². The number of allylic oxidation sites excluding steroid dienone is 1. The number of aliphatic hydroxyl groups is 2. The summed E-state index contributed by atoms with van der Waals surface area (Å²) in [5.74, 6) is -0.00465. The number of hydrogen-bond acceptors (Lipinski definition) is 11. The molecule has 0 bridgehead atoms. The Hall–Kier alpha value is -4.59. The first kappa shape index (κ1) is 41.1. The van der Waals surface area contributed by atoms with Crippen molar-refractivity contribution >= 4 is 23.4 Å². The van der Waals surface area contributed by atoms with Crippen molar-refractivity contribution in [3.63, 3.8) is 0 Å². The van der Waals surface area contributed by atoms with Crippen LogP contribution in [0.4, 0.5) is 10.5 Å². The van der Waals surface area contributed by atoms with Crippen LogP contribution in [0.3, 0.4) is 0 Å². The first-order valence-electron chi connectivity index (χ1n) is 19.9. The number of ether oxygens (including phenoxy) is 5. The zero-order chi connectivity index (χ0) is 39.8. The molecule has 0 aromatic heterocycles. The van der Waals surface area contributed by atoms with Crippen molar-refractivity contribution in [1.82, 2.24) is 4.90 Å². The Morgan fingerprint density at radius 1 is 1.04 bits per heavy atom. The lowest BCUT2D eigenvalue weighted by molar-refractivity contribution is -0.255. The van der Waals surface area contributed by atoms with Gasteiger partial charge in [-0.15, -0.1) is 6.58 Å². The molecule has 6 atom stereocenters. The normalized spacial score (nSPS) is 25.5. The Labute approximate surface area is 329 Å². The smallest absolute Gasteiger partial charge is 0.417 e. The lowest BCUT2D eigenvalue weighted by atomic mass is 9.55. The van der Waals surface area contributed by atoms with Crippen LogP contribution >= 0.6 is 0 Å². The van der Waals surface area contributed by atoms with Gasteiger partial charge in [-0.05, 0) is 93.2 Å². The van der Waals surface area contributed by atoms with E-state index in [0.717, 1.165) is 55.4 Å². The Kier molecular flexibility index (Phi) is 13.6. The molecule has 2 saturated carbocycles. The van der Waals surface area contributed by atoms with Crippen molar-refractivity contribution in [1.29, 1.82) is 0 Å². The lowest BCUT2D eigenvalue weighted by Gasteiger charge is -2.59. The van der Waals surface area contributed by atoms with Crippen LogP contribution in [0, 0.1) is 23.7 Å². The van der Waals surface area contributed by atoms with Crippen LogP contribution in [-0.4, -0.2) is 92.3 Å². The molecule has 0 saturated heterocycles. The number of aliphatic hydroxyl groups excluding tert-OH is 2. The molecule has 304 valence electrons. The van der Waals surface area contributed by atoms with Crippen LogP contribution in [0.5, 0.6) is 23.0 Å². The molecule has 6 rings (SSSR count). The summed E-state index contributed by atoms with van der Waals surface area (Å²) < 4.78 is 30.8. The molecule has 4 aliphatic rings. The maximum atomic E-state index is 13.9. The number of oxime groups is 1. The second-order valence-corrected chi connectivity index (χ2v) is 15.0. The van der Waals surface area contributed by atoms with Crippen LogP contribution < -0.4 is 24.3 Å². The third-order valence-electron chi connectivity index (χ3n) is 11.5. The molecular formula is C43H57N3O10. The monoisotopic (exact) mass is 775 g/mol. The molecule has 1 aliphatic heterocycles. The molecule has 56 heavy (non-hydrogen) atoms. The molecule has 2 fully saturated rings. The van der Waals surface area contributed by atoms with Gasteiger partial charge in [-0.1, -0.05) is 30.1 Å². The second kappa shape index (κ2) is 18.6. The fourth-order valence-electron chi connectivity index (χ4n) is 8.85. The Morgan fingerprint density at radius 2 is 1.79 bits per heavy atom. The zero-order valence-electron chi connectivity index (χ0n) is 33.0. The van der Waals surface area contributed by atoms with Crippen LogP contribution in [0.1, 0.15) is 76.2 Å². The van der Waals surface area contributed by atoms with E-state index in [1.54, 1.807) is 42.4 Å². The number of nitrogens with zero attached hydrogens (tertiary/aromatic N) is 2. The van der Waals surface area contributed by atoms with E-state index in [2.05, 4.69) is 18.0 Å². The van der Waals surface area contributed by atoms with Crippen LogP contribution in [-0.2, 0) is 14.4 Å². The van der Waals surface area contributed by atoms with Gasteiger partial charge in [0.25, 0.3) is 0 Å². The van der Waals surface area contributed by atoms with Crippen molar-refractivity contribution in [2.45, 2.75) is 82.5 Å². The van der Waals surface area contributed by atoms with Gasteiger partial charge < -0.3 is 43.6 Å².